The third-order valence-electron chi connectivity index (χ3n) is 4.85. The largest absolute Gasteiger partial charge is 0.462 e. The molecular formula is C19H20N2O3S. The maximum atomic E-state index is 12.5. The zero-order valence-corrected chi connectivity index (χ0v) is 14.8. The third kappa shape index (κ3) is 3.14. The maximum absolute atomic E-state index is 12.5. The molecule has 0 N–H and O–H groups in total. The lowest BCUT2D eigenvalue weighted by Gasteiger charge is -2.15. The topological polar surface area (TPSA) is 59.0 Å². The molecule has 0 aliphatic carbocycles. The molecule has 0 bridgehead atoms. The molecule has 0 spiro atoms. The van der Waals surface area contributed by atoms with E-state index in [1.165, 1.54) is 5.56 Å². The van der Waals surface area contributed by atoms with Crippen LogP contribution in [0.15, 0.2) is 63.9 Å². The van der Waals surface area contributed by atoms with Crippen molar-refractivity contribution in [1.29, 1.82) is 0 Å². The van der Waals surface area contributed by atoms with Gasteiger partial charge in [0.25, 0.3) is 10.0 Å². The Hall–Kier alpha value is -2.34. The smallest absolute Gasteiger partial charge is 0.303 e. The van der Waals surface area contributed by atoms with Crippen molar-refractivity contribution in [3.8, 4) is 0 Å². The molecule has 2 saturated heterocycles. The van der Waals surface area contributed by atoms with Gasteiger partial charge in [0, 0.05) is 12.5 Å². The number of aryl methyl sites for hydroxylation is 1. The first-order valence-electron chi connectivity index (χ1n) is 8.39. The van der Waals surface area contributed by atoms with Crippen LogP contribution in [0.3, 0.4) is 0 Å². The van der Waals surface area contributed by atoms with Crippen LogP contribution in [0.2, 0.25) is 0 Å². The summed E-state index contributed by atoms with van der Waals surface area (Å²) >= 11 is 0. The highest BCUT2D eigenvalue weighted by atomic mass is 32.2. The second-order valence-corrected chi connectivity index (χ2v) is 8.23. The van der Waals surface area contributed by atoms with Crippen LogP contribution in [0.5, 0.6) is 0 Å². The molecule has 2 aliphatic rings. The predicted molar refractivity (Wildman–Crippen MR) is 96.0 cm³/mol. The monoisotopic (exact) mass is 356 g/mol. The molecule has 0 saturated carbocycles. The Labute approximate surface area is 148 Å². The highest BCUT2D eigenvalue weighted by molar-refractivity contribution is 7.90. The van der Waals surface area contributed by atoms with Crippen LogP contribution in [0, 0.1) is 6.92 Å². The van der Waals surface area contributed by atoms with Gasteiger partial charge >= 0.3 is 6.02 Å². The van der Waals surface area contributed by atoms with E-state index in [1.807, 2.05) is 30.0 Å². The van der Waals surface area contributed by atoms with Crippen LogP contribution in [0.1, 0.15) is 23.5 Å². The number of fused-ring (bicyclic) bond motifs is 1. The van der Waals surface area contributed by atoms with Crippen LogP contribution in [-0.4, -0.2) is 38.5 Å². The minimum atomic E-state index is -3.76. The number of hydrogen-bond acceptors (Lipinski definition) is 3. The quantitative estimate of drug-likeness (QED) is 0.848. The van der Waals surface area contributed by atoms with Crippen molar-refractivity contribution in [1.82, 2.24) is 4.90 Å². The Balaban J connectivity index is 1.57. The lowest BCUT2D eigenvalue weighted by Crippen LogP contribution is -2.29. The maximum Gasteiger partial charge on any atom is 0.303 e. The van der Waals surface area contributed by atoms with Crippen LogP contribution >= 0.6 is 0 Å². The zero-order chi connectivity index (χ0) is 17.4. The summed E-state index contributed by atoms with van der Waals surface area (Å²) in [6.45, 7) is 3.14. The lowest BCUT2D eigenvalue weighted by atomic mass is 9.97. The Bertz CT molecular complexity index is 892. The van der Waals surface area contributed by atoms with Gasteiger partial charge in [-0.25, -0.2) is 0 Å². The fraction of sp³-hybridized carbons (Fsp3) is 0.316. The van der Waals surface area contributed by atoms with E-state index in [2.05, 4.69) is 16.5 Å². The minimum Gasteiger partial charge on any atom is -0.462 e. The van der Waals surface area contributed by atoms with Gasteiger partial charge in [0.05, 0.1) is 10.9 Å². The molecule has 2 atom stereocenters. The van der Waals surface area contributed by atoms with Crippen molar-refractivity contribution >= 4 is 16.0 Å². The van der Waals surface area contributed by atoms with E-state index < -0.39 is 10.0 Å². The summed E-state index contributed by atoms with van der Waals surface area (Å²) in [6, 6.07) is 17.4. The predicted octanol–water partition coefficient (Wildman–Crippen LogP) is 2.93. The average Bonchev–Trinajstić information content (AvgIpc) is 3.18. The molecule has 130 valence electrons. The van der Waals surface area contributed by atoms with Gasteiger partial charge in [-0.05, 0) is 31.0 Å². The number of nitrogens with zero attached hydrogens (tertiary/aromatic N) is 2. The molecule has 0 amide bonds. The summed E-state index contributed by atoms with van der Waals surface area (Å²) in [5.74, 6) is 0.377. The number of ether oxygens (including phenoxy) is 1. The summed E-state index contributed by atoms with van der Waals surface area (Å²) in [5.41, 5.74) is 2.28. The van der Waals surface area contributed by atoms with Gasteiger partial charge in [0.15, 0.2) is 0 Å². The number of sulfonamides is 1. The fourth-order valence-electron chi connectivity index (χ4n) is 3.47. The van der Waals surface area contributed by atoms with Crippen molar-refractivity contribution < 1.29 is 13.2 Å². The van der Waals surface area contributed by atoms with Gasteiger partial charge in [-0.1, -0.05) is 48.0 Å². The molecule has 2 aliphatic heterocycles. The van der Waals surface area contributed by atoms with Gasteiger partial charge < -0.3 is 9.64 Å². The summed E-state index contributed by atoms with van der Waals surface area (Å²) in [5, 5.41) is 0. The minimum absolute atomic E-state index is 0.191. The van der Waals surface area contributed by atoms with E-state index >= 15 is 0 Å². The molecule has 0 radical (unpaired) electrons. The zero-order valence-electron chi connectivity index (χ0n) is 14.0. The highest BCUT2D eigenvalue weighted by Gasteiger charge is 2.41. The highest BCUT2D eigenvalue weighted by Crippen LogP contribution is 2.35. The molecule has 4 rings (SSSR count). The normalized spacial score (nSPS) is 24.4. The van der Waals surface area contributed by atoms with Gasteiger partial charge in [-0.2, -0.15) is 8.42 Å². The van der Waals surface area contributed by atoms with Crippen molar-refractivity contribution in [2.75, 3.05) is 13.2 Å². The summed E-state index contributed by atoms with van der Waals surface area (Å²) in [4.78, 5) is 2.18. The summed E-state index contributed by atoms with van der Waals surface area (Å²) in [6.07, 6.45) is 0.952. The molecule has 2 heterocycles. The molecule has 2 aromatic carbocycles. The molecule has 0 aromatic heterocycles. The Morgan fingerprint density at radius 3 is 2.52 bits per heavy atom. The van der Waals surface area contributed by atoms with Crippen LogP contribution in [-0.2, 0) is 14.8 Å². The summed E-state index contributed by atoms with van der Waals surface area (Å²) < 4.78 is 34.6. The van der Waals surface area contributed by atoms with E-state index in [-0.39, 0.29) is 17.0 Å². The summed E-state index contributed by atoms with van der Waals surface area (Å²) in [7, 11) is -3.76. The first-order valence-corrected chi connectivity index (χ1v) is 9.83. The molecule has 5 nitrogen and oxygen atoms in total. The lowest BCUT2D eigenvalue weighted by molar-refractivity contribution is 0.320. The van der Waals surface area contributed by atoms with Gasteiger partial charge in [0.1, 0.15) is 6.61 Å². The van der Waals surface area contributed by atoms with E-state index in [1.54, 1.807) is 24.3 Å². The SMILES string of the molecule is Cc1ccc(S(=O)(=O)/N=C2\OC[C@H]3C[C@@H](c4ccccc4)CN23)cc1. The number of rotatable bonds is 3. The Kier molecular flexibility index (Phi) is 4.00. The van der Waals surface area contributed by atoms with Crippen molar-refractivity contribution in [2.45, 2.75) is 30.2 Å². The standard InChI is InChI=1S/C19H20N2O3S/c1-14-7-9-18(10-8-14)25(22,23)20-19-21-12-16(11-17(21)13-24-19)15-5-3-2-4-6-15/h2-10,16-17H,11-13H2,1H3/b20-19-/t16-,17-/m1/s1. The molecule has 25 heavy (non-hydrogen) atoms. The van der Waals surface area contributed by atoms with Gasteiger partial charge in [-0.3, -0.25) is 0 Å². The third-order valence-corrected chi connectivity index (χ3v) is 6.12. The second-order valence-electron chi connectivity index (χ2n) is 6.62. The Morgan fingerprint density at radius 2 is 1.80 bits per heavy atom. The van der Waals surface area contributed by atoms with Gasteiger partial charge in [0.2, 0.25) is 0 Å². The van der Waals surface area contributed by atoms with E-state index in [0.29, 0.717) is 12.5 Å². The molecule has 2 aromatic rings. The Morgan fingerprint density at radius 1 is 1.08 bits per heavy atom. The fourth-order valence-corrected chi connectivity index (χ4v) is 4.42. The van der Waals surface area contributed by atoms with Crippen LogP contribution in [0.4, 0.5) is 0 Å². The number of amidine groups is 1. The molecule has 6 heteroatoms. The molecule has 2 fully saturated rings. The molecule has 0 unspecified atom stereocenters. The van der Waals surface area contributed by atoms with Crippen molar-refractivity contribution in [3.05, 3.63) is 65.7 Å². The number of benzene rings is 2. The van der Waals surface area contributed by atoms with Crippen LogP contribution < -0.4 is 0 Å². The second kappa shape index (κ2) is 6.19. The van der Waals surface area contributed by atoms with E-state index in [9.17, 15) is 8.42 Å². The number of hydrogen-bond donors (Lipinski definition) is 0. The average molecular weight is 356 g/mol. The van der Waals surface area contributed by atoms with E-state index in [4.69, 9.17) is 4.74 Å². The molecular weight excluding hydrogens is 336 g/mol. The first kappa shape index (κ1) is 16.1. The van der Waals surface area contributed by atoms with Crippen LogP contribution in [0.25, 0.3) is 0 Å². The van der Waals surface area contributed by atoms with Crippen molar-refractivity contribution in [3.63, 3.8) is 0 Å². The van der Waals surface area contributed by atoms with Crippen molar-refractivity contribution in [2.24, 2.45) is 4.40 Å². The van der Waals surface area contributed by atoms with E-state index in [0.717, 1.165) is 18.5 Å². The first-order chi connectivity index (χ1) is 12.0. The van der Waals surface area contributed by atoms with Gasteiger partial charge in [-0.15, -0.1) is 4.40 Å².